The first-order valence-corrected chi connectivity index (χ1v) is 7.35. The number of nitrogens with zero attached hydrogens (tertiary/aromatic N) is 3. The van der Waals surface area contributed by atoms with Crippen LogP contribution in [-0.4, -0.2) is 29.1 Å². The quantitative estimate of drug-likeness (QED) is 0.822. The molecule has 0 aromatic carbocycles. The van der Waals surface area contributed by atoms with Gasteiger partial charge >= 0.3 is 0 Å². The second-order valence-corrected chi connectivity index (χ2v) is 5.33. The van der Waals surface area contributed by atoms with Crippen LogP contribution in [0.4, 0.5) is 5.82 Å². The van der Waals surface area contributed by atoms with Crippen molar-refractivity contribution >= 4 is 5.82 Å². The second-order valence-electron chi connectivity index (χ2n) is 5.33. The van der Waals surface area contributed by atoms with Crippen molar-refractivity contribution in [3.05, 3.63) is 17.6 Å². The lowest BCUT2D eigenvalue weighted by molar-refractivity contribution is 0.551. The molecule has 0 radical (unpaired) electrons. The molecule has 0 aliphatic heterocycles. The Morgan fingerprint density at radius 1 is 1.21 bits per heavy atom. The highest BCUT2D eigenvalue weighted by atomic mass is 15.2. The molecule has 2 N–H and O–H groups in total. The van der Waals surface area contributed by atoms with Crippen molar-refractivity contribution < 1.29 is 0 Å². The van der Waals surface area contributed by atoms with Crippen LogP contribution < -0.4 is 10.6 Å². The first-order valence-electron chi connectivity index (χ1n) is 7.35. The van der Waals surface area contributed by atoms with E-state index in [0.717, 1.165) is 36.7 Å². The minimum Gasteiger partial charge on any atom is -0.352 e. The van der Waals surface area contributed by atoms with Gasteiger partial charge in [0.2, 0.25) is 0 Å². The van der Waals surface area contributed by atoms with Gasteiger partial charge in [0.1, 0.15) is 11.6 Å². The molecule has 0 fully saturated rings. The van der Waals surface area contributed by atoms with Crippen LogP contribution >= 0.6 is 0 Å². The maximum absolute atomic E-state index is 5.76. The summed E-state index contributed by atoms with van der Waals surface area (Å²) in [6.07, 6.45) is 2.22. The highest BCUT2D eigenvalue weighted by Gasteiger charge is 2.18. The fourth-order valence-electron chi connectivity index (χ4n) is 2.33. The maximum Gasteiger partial charge on any atom is 0.133 e. The van der Waals surface area contributed by atoms with Crippen LogP contribution in [0.15, 0.2) is 6.07 Å². The smallest absolute Gasteiger partial charge is 0.133 e. The number of aromatic nitrogens is 2. The van der Waals surface area contributed by atoms with Crippen molar-refractivity contribution in [1.82, 2.24) is 9.97 Å². The Kier molecular flexibility index (Phi) is 6.22. The average molecular weight is 264 g/mol. The van der Waals surface area contributed by atoms with E-state index in [1.165, 1.54) is 0 Å². The van der Waals surface area contributed by atoms with E-state index in [2.05, 4.69) is 43.6 Å². The monoisotopic (exact) mass is 264 g/mol. The zero-order valence-electron chi connectivity index (χ0n) is 13.0. The molecule has 0 spiro atoms. The molecule has 4 heteroatoms. The molecule has 0 aliphatic carbocycles. The van der Waals surface area contributed by atoms with Gasteiger partial charge in [-0.15, -0.1) is 0 Å². The van der Waals surface area contributed by atoms with Gasteiger partial charge in [-0.25, -0.2) is 9.97 Å². The fraction of sp³-hybridized carbons (Fsp3) is 0.733. The normalized spacial score (nSPS) is 11.4. The summed E-state index contributed by atoms with van der Waals surface area (Å²) in [6.45, 7) is 12.2. The summed E-state index contributed by atoms with van der Waals surface area (Å²) in [7, 11) is 0. The number of hydrogen-bond donors (Lipinski definition) is 1. The molecule has 0 amide bonds. The highest BCUT2D eigenvalue weighted by molar-refractivity contribution is 5.41. The molecule has 1 rings (SSSR count). The van der Waals surface area contributed by atoms with E-state index in [-0.39, 0.29) is 0 Å². The molecule has 1 aromatic heterocycles. The molecule has 0 saturated carbocycles. The van der Waals surface area contributed by atoms with Crippen molar-refractivity contribution in [2.24, 2.45) is 5.73 Å². The van der Waals surface area contributed by atoms with Crippen LogP contribution in [0.3, 0.4) is 0 Å². The van der Waals surface area contributed by atoms with Crippen LogP contribution in [0.2, 0.25) is 0 Å². The molecule has 108 valence electrons. The molecule has 19 heavy (non-hydrogen) atoms. The summed E-state index contributed by atoms with van der Waals surface area (Å²) in [5, 5.41) is 0. The van der Waals surface area contributed by atoms with Gasteiger partial charge in [0.15, 0.2) is 0 Å². The van der Waals surface area contributed by atoms with Crippen molar-refractivity contribution in [3.8, 4) is 0 Å². The molecule has 0 unspecified atom stereocenters. The molecular formula is C15H28N4. The topological polar surface area (TPSA) is 55.0 Å². The van der Waals surface area contributed by atoms with Crippen molar-refractivity contribution in [3.63, 3.8) is 0 Å². The lowest BCUT2D eigenvalue weighted by Gasteiger charge is -2.31. The predicted molar refractivity (Wildman–Crippen MR) is 81.6 cm³/mol. The van der Waals surface area contributed by atoms with Crippen molar-refractivity contribution in [2.75, 3.05) is 18.0 Å². The SMILES string of the molecule is CCC(CC)N(CCN)c1cc(C)nc(C(C)C)n1. The first-order chi connectivity index (χ1) is 9.03. The maximum atomic E-state index is 5.76. The average Bonchev–Trinajstić information content (AvgIpc) is 2.38. The minimum atomic E-state index is 0.347. The Labute approximate surface area is 117 Å². The Morgan fingerprint density at radius 3 is 2.32 bits per heavy atom. The number of anilines is 1. The predicted octanol–water partition coefficient (Wildman–Crippen LogP) is 2.86. The van der Waals surface area contributed by atoms with E-state index < -0.39 is 0 Å². The Bertz CT molecular complexity index is 386. The van der Waals surface area contributed by atoms with Gasteiger partial charge in [0.05, 0.1) is 0 Å². The van der Waals surface area contributed by atoms with E-state index in [1.54, 1.807) is 0 Å². The summed E-state index contributed by atoms with van der Waals surface area (Å²) >= 11 is 0. The highest BCUT2D eigenvalue weighted by Crippen LogP contribution is 2.21. The Hall–Kier alpha value is -1.16. The second kappa shape index (κ2) is 7.43. The van der Waals surface area contributed by atoms with Gasteiger partial charge in [-0.2, -0.15) is 0 Å². The van der Waals surface area contributed by atoms with Crippen LogP contribution in [-0.2, 0) is 0 Å². The summed E-state index contributed by atoms with van der Waals surface area (Å²) in [4.78, 5) is 11.6. The zero-order valence-corrected chi connectivity index (χ0v) is 13.0. The number of rotatable bonds is 7. The lowest BCUT2D eigenvalue weighted by atomic mass is 10.1. The third kappa shape index (κ3) is 4.16. The van der Waals surface area contributed by atoms with E-state index >= 15 is 0 Å². The minimum absolute atomic E-state index is 0.347. The first kappa shape index (κ1) is 15.9. The van der Waals surface area contributed by atoms with Gasteiger partial charge in [-0.05, 0) is 19.8 Å². The number of hydrogen-bond acceptors (Lipinski definition) is 4. The van der Waals surface area contributed by atoms with E-state index in [9.17, 15) is 0 Å². The van der Waals surface area contributed by atoms with Crippen LogP contribution in [0, 0.1) is 6.92 Å². The van der Waals surface area contributed by atoms with E-state index in [4.69, 9.17) is 10.7 Å². The molecule has 1 aromatic rings. The van der Waals surface area contributed by atoms with Gasteiger partial charge in [0.25, 0.3) is 0 Å². The van der Waals surface area contributed by atoms with E-state index in [0.29, 0.717) is 18.5 Å². The van der Waals surface area contributed by atoms with Crippen molar-refractivity contribution in [2.45, 2.75) is 59.4 Å². The molecule has 0 atom stereocenters. The molecular weight excluding hydrogens is 236 g/mol. The zero-order chi connectivity index (χ0) is 14.4. The largest absolute Gasteiger partial charge is 0.352 e. The van der Waals surface area contributed by atoms with Crippen molar-refractivity contribution in [1.29, 1.82) is 0 Å². The molecule has 4 nitrogen and oxygen atoms in total. The summed E-state index contributed by atoms with van der Waals surface area (Å²) in [5.74, 6) is 2.29. The van der Waals surface area contributed by atoms with E-state index in [1.807, 2.05) is 6.92 Å². The third-order valence-corrected chi connectivity index (χ3v) is 3.42. The standard InChI is InChI=1S/C15H28N4/c1-6-13(7-2)19(9-8-16)14-10-12(5)17-15(18-14)11(3)4/h10-11,13H,6-9,16H2,1-5H3. The van der Waals surface area contributed by atoms with Crippen LogP contribution in [0.25, 0.3) is 0 Å². The Balaban J connectivity index is 3.14. The fourth-order valence-corrected chi connectivity index (χ4v) is 2.33. The van der Waals surface area contributed by atoms with Gasteiger partial charge in [0, 0.05) is 36.8 Å². The summed E-state index contributed by atoms with van der Waals surface area (Å²) in [5.41, 5.74) is 6.79. The number of nitrogens with two attached hydrogens (primary N) is 1. The molecule has 1 heterocycles. The molecule has 0 aliphatic rings. The molecule has 0 bridgehead atoms. The summed E-state index contributed by atoms with van der Waals surface area (Å²) < 4.78 is 0. The van der Waals surface area contributed by atoms with Gasteiger partial charge < -0.3 is 10.6 Å². The third-order valence-electron chi connectivity index (χ3n) is 3.42. The van der Waals surface area contributed by atoms with Crippen LogP contribution in [0.5, 0.6) is 0 Å². The number of aryl methyl sites for hydroxylation is 1. The van der Waals surface area contributed by atoms with Crippen LogP contribution in [0.1, 0.15) is 58.0 Å². The molecule has 0 saturated heterocycles. The Morgan fingerprint density at radius 2 is 1.84 bits per heavy atom. The lowest BCUT2D eigenvalue weighted by Crippen LogP contribution is -2.39. The van der Waals surface area contributed by atoms with Gasteiger partial charge in [-0.1, -0.05) is 27.7 Å². The summed E-state index contributed by atoms with van der Waals surface area (Å²) in [6, 6.07) is 2.57. The van der Waals surface area contributed by atoms with Gasteiger partial charge in [-0.3, -0.25) is 0 Å².